The van der Waals surface area contributed by atoms with Gasteiger partial charge in [-0.3, -0.25) is 9.80 Å². The third kappa shape index (κ3) is 4.78. The van der Waals surface area contributed by atoms with E-state index in [1.165, 1.54) is 0 Å². The molecule has 1 aromatic carbocycles. The molecule has 0 bridgehead atoms. The average Bonchev–Trinajstić information content (AvgIpc) is 3.15. The number of nitrogens with zero attached hydrogens (tertiary/aromatic N) is 3. The number of benzene rings is 1. The molecule has 2 fully saturated rings. The molecule has 0 aromatic heterocycles. The summed E-state index contributed by atoms with van der Waals surface area (Å²) in [6, 6.07) is 12.4. The Hall–Kier alpha value is -1.45. The SMILES string of the molecule is N#CC(c1ccccc1)N1CCN(CCOCC2CCCO2)CC1. The summed E-state index contributed by atoms with van der Waals surface area (Å²) < 4.78 is 11.3. The maximum Gasteiger partial charge on any atom is 0.123 e. The van der Waals surface area contributed by atoms with Gasteiger partial charge in [-0.05, 0) is 18.4 Å². The molecule has 5 nitrogen and oxygen atoms in total. The molecule has 0 aliphatic carbocycles. The number of nitriles is 1. The van der Waals surface area contributed by atoms with E-state index in [0.29, 0.717) is 6.10 Å². The summed E-state index contributed by atoms with van der Waals surface area (Å²) in [6.07, 6.45) is 2.61. The highest BCUT2D eigenvalue weighted by molar-refractivity contribution is 5.24. The van der Waals surface area contributed by atoms with Gasteiger partial charge in [-0.15, -0.1) is 0 Å². The summed E-state index contributed by atoms with van der Waals surface area (Å²) >= 11 is 0. The molecule has 2 aliphatic rings. The average molecular weight is 329 g/mol. The van der Waals surface area contributed by atoms with Gasteiger partial charge in [-0.2, -0.15) is 5.26 Å². The number of hydrogen-bond donors (Lipinski definition) is 0. The number of hydrogen-bond acceptors (Lipinski definition) is 5. The van der Waals surface area contributed by atoms with Gasteiger partial charge in [0.15, 0.2) is 0 Å². The van der Waals surface area contributed by atoms with Crippen molar-refractivity contribution in [2.45, 2.75) is 25.0 Å². The molecule has 0 amide bonds. The van der Waals surface area contributed by atoms with Crippen LogP contribution in [0.1, 0.15) is 24.4 Å². The van der Waals surface area contributed by atoms with Crippen LogP contribution in [0.4, 0.5) is 0 Å². The second-order valence-corrected chi connectivity index (χ2v) is 6.53. The predicted octanol–water partition coefficient (Wildman–Crippen LogP) is 2.06. The van der Waals surface area contributed by atoms with Gasteiger partial charge < -0.3 is 9.47 Å². The third-order valence-corrected chi connectivity index (χ3v) is 4.89. The standard InChI is InChI=1S/C19H27N3O2/c20-15-19(17-5-2-1-3-6-17)22-10-8-21(9-11-22)12-14-23-16-18-7-4-13-24-18/h1-3,5-6,18-19H,4,7-14,16H2. The lowest BCUT2D eigenvalue weighted by Gasteiger charge is -2.37. The minimum absolute atomic E-state index is 0.135. The van der Waals surface area contributed by atoms with Crippen molar-refractivity contribution in [3.8, 4) is 6.07 Å². The lowest BCUT2D eigenvalue weighted by atomic mass is 10.1. The summed E-state index contributed by atoms with van der Waals surface area (Å²) in [5.74, 6) is 0. The van der Waals surface area contributed by atoms with E-state index in [0.717, 1.165) is 70.9 Å². The molecule has 130 valence electrons. The van der Waals surface area contributed by atoms with Gasteiger partial charge in [0.05, 0.1) is 25.4 Å². The van der Waals surface area contributed by atoms with Crippen LogP contribution in [0.3, 0.4) is 0 Å². The van der Waals surface area contributed by atoms with Gasteiger partial charge in [0, 0.05) is 39.3 Å². The molecule has 2 unspecified atom stereocenters. The van der Waals surface area contributed by atoms with Gasteiger partial charge in [0.1, 0.15) is 6.04 Å². The molecule has 0 radical (unpaired) electrons. The molecule has 0 spiro atoms. The van der Waals surface area contributed by atoms with Crippen molar-refractivity contribution < 1.29 is 9.47 Å². The summed E-state index contributed by atoms with van der Waals surface area (Å²) in [5.41, 5.74) is 1.09. The molecular weight excluding hydrogens is 302 g/mol. The van der Waals surface area contributed by atoms with Crippen molar-refractivity contribution in [1.82, 2.24) is 9.80 Å². The Morgan fingerprint density at radius 2 is 2.00 bits per heavy atom. The normalized spacial score (nSPS) is 23.9. The summed E-state index contributed by atoms with van der Waals surface area (Å²) in [6.45, 7) is 7.19. The summed E-state index contributed by atoms with van der Waals surface area (Å²) in [5, 5.41) is 9.54. The van der Waals surface area contributed by atoms with E-state index in [-0.39, 0.29) is 6.04 Å². The van der Waals surface area contributed by atoms with Crippen LogP contribution in [0.2, 0.25) is 0 Å². The van der Waals surface area contributed by atoms with Crippen LogP contribution >= 0.6 is 0 Å². The van der Waals surface area contributed by atoms with Gasteiger partial charge in [0.2, 0.25) is 0 Å². The zero-order valence-electron chi connectivity index (χ0n) is 14.3. The first-order chi connectivity index (χ1) is 11.9. The highest BCUT2D eigenvalue weighted by Gasteiger charge is 2.24. The minimum atomic E-state index is -0.135. The Morgan fingerprint density at radius 1 is 1.21 bits per heavy atom. The quantitative estimate of drug-likeness (QED) is 0.717. The van der Waals surface area contributed by atoms with Crippen LogP contribution in [0.15, 0.2) is 30.3 Å². The van der Waals surface area contributed by atoms with E-state index in [9.17, 15) is 5.26 Å². The topological polar surface area (TPSA) is 48.7 Å². The molecular formula is C19H27N3O2. The van der Waals surface area contributed by atoms with Crippen molar-refractivity contribution in [2.75, 3.05) is 52.5 Å². The maximum absolute atomic E-state index is 9.54. The fourth-order valence-electron chi connectivity index (χ4n) is 3.43. The molecule has 2 atom stereocenters. The van der Waals surface area contributed by atoms with E-state index >= 15 is 0 Å². The smallest absolute Gasteiger partial charge is 0.123 e. The van der Waals surface area contributed by atoms with Crippen LogP contribution in [-0.4, -0.2) is 68.4 Å². The monoisotopic (exact) mass is 329 g/mol. The molecule has 2 saturated heterocycles. The van der Waals surface area contributed by atoms with Crippen LogP contribution in [0.25, 0.3) is 0 Å². The molecule has 2 heterocycles. The van der Waals surface area contributed by atoms with E-state index < -0.39 is 0 Å². The van der Waals surface area contributed by atoms with E-state index in [1.807, 2.05) is 30.3 Å². The molecule has 5 heteroatoms. The lowest BCUT2D eigenvalue weighted by molar-refractivity contribution is 0.00548. The number of rotatable bonds is 7. The first-order valence-corrected chi connectivity index (χ1v) is 8.97. The molecule has 0 saturated carbocycles. The van der Waals surface area contributed by atoms with Gasteiger partial charge in [0.25, 0.3) is 0 Å². The van der Waals surface area contributed by atoms with E-state index in [1.54, 1.807) is 0 Å². The van der Waals surface area contributed by atoms with Crippen molar-refractivity contribution in [3.63, 3.8) is 0 Å². The van der Waals surface area contributed by atoms with Gasteiger partial charge in [-0.1, -0.05) is 30.3 Å². The molecule has 3 rings (SSSR count). The number of piperazine rings is 1. The largest absolute Gasteiger partial charge is 0.377 e. The van der Waals surface area contributed by atoms with E-state index in [4.69, 9.17) is 9.47 Å². The fourth-order valence-corrected chi connectivity index (χ4v) is 3.43. The maximum atomic E-state index is 9.54. The molecule has 2 aliphatic heterocycles. The Morgan fingerprint density at radius 3 is 2.67 bits per heavy atom. The first kappa shape index (κ1) is 17.4. The van der Waals surface area contributed by atoms with Crippen molar-refractivity contribution >= 4 is 0 Å². The van der Waals surface area contributed by atoms with Crippen LogP contribution in [-0.2, 0) is 9.47 Å². The first-order valence-electron chi connectivity index (χ1n) is 8.97. The van der Waals surface area contributed by atoms with Crippen molar-refractivity contribution in [3.05, 3.63) is 35.9 Å². The van der Waals surface area contributed by atoms with Crippen molar-refractivity contribution in [1.29, 1.82) is 5.26 Å². The van der Waals surface area contributed by atoms with Gasteiger partial charge >= 0.3 is 0 Å². The van der Waals surface area contributed by atoms with Gasteiger partial charge in [-0.25, -0.2) is 0 Å². The van der Waals surface area contributed by atoms with Crippen LogP contribution in [0, 0.1) is 11.3 Å². The highest BCUT2D eigenvalue weighted by atomic mass is 16.5. The summed E-state index contributed by atoms with van der Waals surface area (Å²) in [7, 11) is 0. The highest BCUT2D eigenvalue weighted by Crippen LogP contribution is 2.21. The van der Waals surface area contributed by atoms with Crippen LogP contribution < -0.4 is 0 Å². The number of ether oxygens (including phenoxy) is 2. The Bertz CT molecular complexity index is 517. The Balaban J connectivity index is 1.36. The molecule has 1 aromatic rings. The zero-order valence-corrected chi connectivity index (χ0v) is 14.3. The minimum Gasteiger partial charge on any atom is -0.377 e. The van der Waals surface area contributed by atoms with Crippen LogP contribution in [0.5, 0.6) is 0 Å². The molecule has 0 N–H and O–H groups in total. The molecule has 24 heavy (non-hydrogen) atoms. The Labute approximate surface area is 144 Å². The Kier molecular flexibility index (Phi) is 6.62. The fraction of sp³-hybridized carbons (Fsp3) is 0.632. The third-order valence-electron chi connectivity index (χ3n) is 4.89. The summed E-state index contributed by atoms with van der Waals surface area (Å²) in [4.78, 5) is 4.70. The van der Waals surface area contributed by atoms with Crippen molar-refractivity contribution in [2.24, 2.45) is 0 Å². The van der Waals surface area contributed by atoms with E-state index in [2.05, 4.69) is 15.9 Å². The second kappa shape index (κ2) is 9.14. The second-order valence-electron chi connectivity index (χ2n) is 6.53. The lowest BCUT2D eigenvalue weighted by Crippen LogP contribution is -2.48. The predicted molar refractivity (Wildman–Crippen MR) is 92.6 cm³/mol. The zero-order chi connectivity index (χ0) is 16.6.